The van der Waals surface area contributed by atoms with E-state index in [0.717, 1.165) is 31.5 Å². The van der Waals surface area contributed by atoms with Gasteiger partial charge in [0.25, 0.3) is 0 Å². The van der Waals surface area contributed by atoms with E-state index in [0.29, 0.717) is 11.6 Å². The predicted octanol–water partition coefficient (Wildman–Crippen LogP) is 2.10. The van der Waals surface area contributed by atoms with Crippen molar-refractivity contribution < 1.29 is 9.53 Å². The molecule has 0 bridgehead atoms. The number of carbonyl (C=O) groups is 1. The molecular formula is C14H17N3O2. The van der Waals surface area contributed by atoms with E-state index < -0.39 is 0 Å². The van der Waals surface area contributed by atoms with Crippen molar-refractivity contribution in [2.24, 2.45) is 5.92 Å². The molecule has 5 nitrogen and oxygen atoms in total. The maximum atomic E-state index is 11.4. The van der Waals surface area contributed by atoms with E-state index >= 15 is 0 Å². The number of nitriles is 1. The van der Waals surface area contributed by atoms with E-state index in [1.807, 2.05) is 0 Å². The third-order valence-electron chi connectivity index (χ3n) is 3.50. The maximum absolute atomic E-state index is 11.4. The van der Waals surface area contributed by atoms with Gasteiger partial charge in [-0.3, -0.25) is 4.79 Å². The summed E-state index contributed by atoms with van der Waals surface area (Å²) in [4.78, 5) is 15.6. The largest absolute Gasteiger partial charge is 0.469 e. The number of esters is 1. The van der Waals surface area contributed by atoms with Crippen molar-refractivity contribution in [3.8, 4) is 6.07 Å². The lowest BCUT2D eigenvalue weighted by atomic mass is 9.86. The van der Waals surface area contributed by atoms with Crippen LogP contribution in [0.1, 0.15) is 31.2 Å². The van der Waals surface area contributed by atoms with Crippen molar-refractivity contribution in [2.45, 2.75) is 31.7 Å². The third-order valence-corrected chi connectivity index (χ3v) is 3.50. The quantitative estimate of drug-likeness (QED) is 0.841. The zero-order valence-electron chi connectivity index (χ0n) is 10.9. The molecule has 1 aliphatic carbocycles. The van der Waals surface area contributed by atoms with Crippen LogP contribution in [0.2, 0.25) is 0 Å². The first-order valence-corrected chi connectivity index (χ1v) is 6.43. The highest BCUT2D eigenvalue weighted by molar-refractivity contribution is 5.72. The van der Waals surface area contributed by atoms with Crippen molar-refractivity contribution in [3.63, 3.8) is 0 Å². The minimum Gasteiger partial charge on any atom is -0.469 e. The molecule has 19 heavy (non-hydrogen) atoms. The summed E-state index contributed by atoms with van der Waals surface area (Å²) in [5, 5.41) is 12.2. The van der Waals surface area contributed by atoms with Gasteiger partial charge in [-0.15, -0.1) is 0 Å². The number of hydrogen-bond donors (Lipinski definition) is 1. The molecule has 0 atom stereocenters. The molecule has 1 saturated carbocycles. The summed E-state index contributed by atoms with van der Waals surface area (Å²) in [6.45, 7) is 0. The highest BCUT2D eigenvalue weighted by Gasteiger charge is 2.26. The van der Waals surface area contributed by atoms with Gasteiger partial charge in [0.05, 0.1) is 24.7 Å². The van der Waals surface area contributed by atoms with Gasteiger partial charge in [0.2, 0.25) is 0 Å². The summed E-state index contributed by atoms with van der Waals surface area (Å²) >= 11 is 0. The second kappa shape index (κ2) is 6.19. The first kappa shape index (κ1) is 13.3. The van der Waals surface area contributed by atoms with Gasteiger partial charge in [-0.1, -0.05) is 0 Å². The molecule has 1 aromatic rings. The van der Waals surface area contributed by atoms with Crippen LogP contribution in [-0.4, -0.2) is 24.1 Å². The molecule has 0 aromatic carbocycles. The van der Waals surface area contributed by atoms with Crippen molar-refractivity contribution in [1.82, 2.24) is 4.98 Å². The van der Waals surface area contributed by atoms with Gasteiger partial charge in [-0.2, -0.15) is 5.26 Å². The van der Waals surface area contributed by atoms with Crippen LogP contribution in [0.3, 0.4) is 0 Å². The Kier molecular flexibility index (Phi) is 4.35. The molecule has 1 N–H and O–H groups in total. The van der Waals surface area contributed by atoms with E-state index in [1.54, 1.807) is 18.3 Å². The lowest BCUT2D eigenvalue weighted by Gasteiger charge is -2.27. The zero-order valence-corrected chi connectivity index (χ0v) is 10.9. The molecule has 1 aliphatic rings. The third kappa shape index (κ3) is 3.44. The Morgan fingerprint density at radius 2 is 2.21 bits per heavy atom. The topological polar surface area (TPSA) is 75.0 Å². The average Bonchev–Trinajstić information content (AvgIpc) is 2.47. The molecule has 100 valence electrons. The van der Waals surface area contributed by atoms with E-state index in [-0.39, 0.29) is 11.9 Å². The van der Waals surface area contributed by atoms with Crippen LogP contribution in [0.4, 0.5) is 5.82 Å². The Bertz CT molecular complexity index is 488. The molecule has 1 aromatic heterocycles. The van der Waals surface area contributed by atoms with Crippen molar-refractivity contribution in [2.75, 3.05) is 12.4 Å². The molecule has 0 unspecified atom stereocenters. The molecule has 0 radical (unpaired) electrons. The number of anilines is 1. The number of carbonyl (C=O) groups excluding carboxylic acids is 1. The SMILES string of the molecule is COC(=O)C1CCC(Nc2cc(C#N)ccn2)CC1. The van der Waals surface area contributed by atoms with Gasteiger partial charge in [-0.05, 0) is 37.8 Å². The van der Waals surface area contributed by atoms with E-state index in [1.165, 1.54) is 7.11 Å². The first-order valence-electron chi connectivity index (χ1n) is 6.43. The fraction of sp³-hybridized carbons (Fsp3) is 0.500. The van der Waals surface area contributed by atoms with Crippen LogP contribution in [0, 0.1) is 17.2 Å². The van der Waals surface area contributed by atoms with E-state index in [9.17, 15) is 4.79 Å². The van der Waals surface area contributed by atoms with E-state index in [4.69, 9.17) is 10.00 Å². The molecule has 5 heteroatoms. The van der Waals surface area contributed by atoms with Gasteiger partial charge in [0.1, 0.15) is 5.82 Å². The van der Waals surface area contributed by atoms with Crippen LogP contribution in [0.5, 0.6) is 0 Å². The molecule has 1 heterocycles. The second-order valence-electron chi connectivity index (χ2n) is 4.76. The summed E-state index contributed by atoms with van der Waals surface area (Å²) in [5.74, 6) is 0.644. The Labute approximate surface area is 112 Å². The second-order valence-corrected chi connectivity index (χ2v) is 4.76. The Morgan fingerprint density at radius 3 is 2.84 bits per heavy atom. The zero-order chi connectivity index (χ0) is 13.7. The van der Waals surface area contributed by atoms with Crippen LogP contribution in [0.15, 0.2) is 18.3 Å². The van der Waals surface area contributed by atoms with Gasteiger partial charge in [0.15, 0.2) is 0 Å². The molecule has 0 amide bonds. The highest BCUT2D eigenvalue weighted by Crippen LogP contribution is 2.27. The lowest BCUT2D eigenvalue weighted by Crippen LogP contribution is -2.30. The standard InChI is InChI=1S/C14H17N3O2/c1-19-14(18)11-2-4-12(5-3-11)17-13-8-10(9-15)6-7-16-13/h6-8,11-12H,2-5H2,1H3,(H,16,17). The Balaban J connectivity index is 1.89. The maximum Gasteiger partial charge on any atom is 0.308 e. The molecule has 0 aliphatic heterocycles. The minimum atomic E-state index is -0.108. The highest BCUT2D eigenvalue weighted by atomic mass is 16.5. The van der Waals surface area contributed by atoms with Gasteiger partial charge < -0.3 is 10.1 Å². The molecule has 0 saturated heterocycles. The summed E-state index contributed by atoms with van der Waals surface area (Å²) in [6, 6.07) is 5.82. The summed E-state index contributed by atoms with van der Waals surface area (Å²) < 4.78 is 4.77. The number of hydrogen-bond acceptors (Lipinski definition) is 5. The number of pyridine rings is 1. The minimum absolute atomic E-state index is 0.0291. The van der Waals surface area contributed by atoms with Crippen molar-refractivity contribution >= 4 is 11.8 Å². The van der Waals surface area contributed by atoms with Crippen LogP contribution in [0.25, 0.3) is 0 Å². The predicted molar refractivity (Wildman–Crippen MR) is 70.3 cm³/mol. The fourth-order valence-electron chi connectivity index (χ4n) is 2.43. The number of methoxy groups -OCH3 is 1. The van der Waals surface area contributed by atoms with Gasteiger partial charge >= 0.3 is 5.97 Å². The molecule has 0 spiro atoms. The smallest absolute Gasteiger partial charge is 0.308 e. The molecule has 2 rings (SSSR count). The van der Waals surface area contributed by atoms with Crippen LogP contribution < -0.4 is 5.32 Å². The van der Waals surface area contributed by atoms with Crippen molar-refractivity contribution in [3.05, 3.63) is 23.9 Å². The number of rotatable bonds is 3. The number of ether oxygens (including phenoxy) is 1. The van der Waals surface area contributed by atoms with Gasteiger partial charge in [0, 0.05) is 12.2 Å². The monoisotopic (exact) mass is 259 g/mol. The van der Waals surface area contributed by atoms with Crippen LogP contribution in [-0.2, 0) is 9.53 Å². The number of aromatic nitrogens is 1. The first-order chi connectivity index (χ1) is 9.22. The summed E-state index contributed by atoms with van der Waals surface area (Å²) in [7, 11) is 1.43. The lowest BCUT2D eigenvalue weighted by molar-refractivity contribution is -0.146. The Morgan fingerprint density at radius 1 is 1.47 bits per heavy atom. The van der Waals surface area contributed by atoms with Crippen LogP contribution >= 0.6 is 0 Å². The summed E-state index contributed by atoms with van der Waals surface area (Å²) in [6.07, 6.45) is 5.13. The average molecular weight is 259 g/mol. The Hall–Kier alpha value is -2.09. The number of nitrogens with zero attached hydrogens (tertiary/aromatic N) is 2. The normalized spacial score (nSPS) is 22.3. The van der Waals surface area contributed by atoms with Gasteiger partial charge in [-0.25, -0.2) is 4.98 Å². The van der Waals surface area contributed by atoms with E-state index in [2.05, 4.69) is 16.4 Å². The van der Waals surface area contributed by atoms with Crippen molar-refractivity contribution in [1.29, 1.82) is 5.26 Å². The molecular weight excluding hydrogens is 242 g/mol. The summed E-state index contributed by atoms with van der Waals surface area (Å²) in [5.41, 5.74) is 0.598. The molecule has 1 fully saturated rings. The number of nitrogens with one attached hydrogen (secondary N) is 1. The fourth-order valence-corrected chi connectivity index (χ4v) is 2.43.